The van der Waals surface area contributed by atoms with Gasteiger partial charge >= 0.3 is 0 Å². The monoisotopic (exact) mass is 459 g/mol. The molecule has 0 saturated carbocycles. The predicted molar refractivity (Wildman–Crippen MR) is 128 cm³/mol. The molecule has 2 heterocycles. The summed E-state index contributed by atoms with van der Waals surface area (Å²) in [6.45, 7) is 12.4. The van der Waals surface area contributed by atoms with Crippen molar-refractivity contribution in [3.8, 4) is 0 Å². The van der Waals surface area contributed by atoms with Crippen LogP contribution in [0.25, 0.3) is 10.9 Å². The summed E-state index contributed by atoms with van der Waals surface area (Å²) in [7, 11) is -1.84. The highest BCUT2D eigenvalue weighted by Gasteiger charge is 2.28. The zero-order valence-corrected chi connectivity index (χ0v) is 20.4. The number of rotatable bonds is 3. The lowest BCUT2D eigenvalue weighted by Crippen LogP contribution is -2.53. The minimum atomic E-state index is -3.69. The molecule has 0 radical (unpaired) electrons. The lowest BCUT2D eigenvalue weighted by atomic mass is 10.0. The van der Waals surface area contributed by atoms with E-state index in [1.54, 1.807) is 24.4 Å². The number of piperazine rings is 1. The van der Waals surface area contributed by atoms with Crippen LogP contribution in [0.3, 0.4) is 0 Å². The number of halogens is 1. The van der Waals surface area contributed by atoms with Crippen LogP contribution in [-0.4, -0.2) is 49.6 Å². The Labute approximate surface area is 190 Å². The standard InChI is InChI=1S/C24H30ClN3O2S/c1-17-6-8-19(15-22(17)27-10-12-28(13-11-27)24(2,3)4)31(29,30)23-16-26(5)21-9-7-18(25)14-20(21)23/h6-9,14-16H,10-13H2,1-5H3. The van der Waals surface area contributed by atoms with E-state index in [2.05, 4.69) is 30.6 Å². The van der Waals surface area contributed by atoms with Crippen molar-refractivity contribution in [2.24, 2.45) is 7.05 Å². The first kappa shape index (κ1) is 22.2. The number of aromatic nitrogens is 1. The first-order valence-electron chi connectivity index (χ1n) is 10.6. The smallest absolute Gasteiger partial charge is 0.208 e. The Morgan fingerprint density at radius 1 is 0.968 bits per heavy atom. The van der Waals surface area contributed by atoms with Crippen LogP contribution in [0.4, 0.5) is 5.69 Å². The van der Waals surface area contributed by atoms with E-state index >= 15 is 0 Å². The van der Waals surface area contributed by atoms with Gasteiger partial charge in [-0.15, -0.1) is 0 Å². The number of aryl methyl sites for hydroxylation is 2. The lowest BCUT2D eigenvalue weighted by molar-refractivity contribution is 0.128. The zero-order chi connectivity index (χ0) is 22.6. The van der Waals surface area contributed by atoms with Crippen LogP contribution in [0.1, 0.15) is 26.3 Å². The first-order chi connectivity index (χ1) is 14.5. The average molecular weight is 460 g/mol. The molecule has 1 aliphatic heterocycles. The van der Waals surface area contributed by atoms with Gasteiger partial charge in [-0.2, -0.15) is 0 Å². The third-order valence-electron chi connectivity index (χ3n) is 6.26. The fourth-order valence-corrected chi connectivity index (χ4v) is 6.07. The number of hydrogen-bond donors (Lipinski definition) is 0. The fraction of sp³-hybridized carbons (Fsp3) is 0.417. The van der Waals surface area contributed by atoms with Crippen molar-refractivity contribution in [3.63, 3.8) is 0 Å². The zero-order valence-electron chi connectivity index (χ0n) is 18.8. The quantitative estimate of drug-likeness (QED) is 0.559. The maximum atomic E-state index is 13.6. The number of sulfone groups is 1. The predicted octanol–water partition coefficient (Wildman–Crippen LogP) is 4.89. The Morgan fingerprint density at radius 2 is 1.65 bits per heavy atom. The highest BCUT2D eigenvalue weighted by atomic mass is 35.5. The lowest BCUT2D eigenvalue weighted by Gasteiger charge is -2.43. The van der Waals surface area contributed by atoms with E-state index in [1.165, 1.54) is 0 Å². The summed E-state index contributed by atoms with van der Waals surface area (Å²) in [5.41, 5.74) is 3.06. The minimum absolute atomic E-state index is 0.141. The van der Waals surface area contributed by atoms with Crippen molar-refractivity contribution in [3.05, 3.63) is 53.2 Å². The maximum absolute atomic E-state index is 13.6. The second-order valence-electron chi connectivity index (χ2n) is 9.36. The van der Waals surface area contributed by atoms with Gasteiger partial charge in [0.25, 0.3) is 0 Å². The summed E-state index contributed by atoms with van der Waals surface area (Å²) in [4.78, 5) is 5.38. The van der Waals surface area contributed by atoms with Crippen LogP contribution >= 0.6 is 11.6 Å². The summed E-state index contributed by atoms with van der Waals surface area (Å²) in [5, 5.41) is 1.17. The molecule has 0 atom stereocenters. The summed E-state index contributed by atoms with van der Waals surface area (Å²) < 4.78 is 29.1. The van der Waals surface area contributed by atoms with Gasteiger partial charge in [0.2, 0.25) is 9.84 Å². The summed E-state index contributed by atoms with van der Waals surface area (Å²) in [6, 6.07) is 10.8. The van der Waals surface area contributed by atoms with E-state index in [9.17, 15) is 8.42 Å². The topological polar surface area (TPSA) is 45.6 Å². The molecular weight excluding hydrogens is 430 g/mol. The molecule has 0 amide bonds. The molecule has 1 saturated heterocycles. The van der Waals surface area contributed by atoms with Gasteiger partial charge in [-0.3, -0.25) is 4.90 Å². The van der Waals surface area contributed by atoms with E-state index in [4.69, 9.17) is 11.6 Å². The molecule has 3 aromatic rings. The van der Waals surface area contributed by atoms with Crippen molar-refractivity contribution < 1.29 is 8.42 Å². The fourth-order valence-electron chi connectivity index (χ4n) is 4.38. The summed E-state index contributed by atoms with van der Waals surface area (Å²) >= 11 is 6.17. The normalized spacial score (nSPS) is 16.3. The molecule has 166 valence electrons. The Morgan fingerprint density at radius 3 is 2.29 bits per heavy atom. The second-order valence-corrected chi connectivity index (χ2v) is 11.7. The summed E-state index contributed by atoms with van der Waals surface area (Å²) in [5.74, 6) is 0. The van der Waals surface area contributed by atoms with Gasteiger partial charge in [0.05, 0.1) is 9.79 Å². The molecule has 0 unspecified atom stereocenters. The molecule has 7 heteroatoms. The van der Waals surface area contributed by atoms with Crippen molar-refractivity contribution in [2.75, 3.05) is 31.1 Å². The van der Waals surface area contributed by atoms with Crippen LogP contribution in [-0.2, 0) is 16.9 Å². The Hall–Kier alpha value is -2.02. The molecule has 31 heavy (non-hydrogen) atoms. The molecular formula is C24H30ClN3O2S. The summed E-state index contributed by atoms with van der Waals surface area (Å²) in [6.07, 6.45) is 1.68. The van der Waals surface area contributed by atoms with E-state index < -0.39 is 9.84 Å². The second kappa shape index (κ2) is 7.84. The molecule has 1 fully saturated rings. The molecule has 0 spiro atoms. The average Bonchev–Trinajstić information content (AvgIpc) is 3.04. The van der Waals surface area contributed by atoms with Gasteiger partial charge in [-0.25, -0.2) is 8.42 Å². The third kappa shape index (κ3) is 4.09. The van der Waals surface area contributed by atoms with Crippen molar-refractivity contribution in [1.29, 1.82) is 0 Å². The SMILES string of the molecule is Cc1ccc(S(=O)(=O)c2cn(C)c3ccc(Cl)cc23)cc1N1CCN(C(C)(C)C)CC1. The van der Waals surface area contributed by atoms with Gasteiger partial charge in [0, 0.05) is 66.6 Å². The Bertz CT molecular complexity index is 1230. The van der Waals surface area contributed by atoms with Gasteiger partial charge in [-0.05, 0) is 63.6 Å². The van der Waals surface area contributed by atoms with Crippen LogP contribution < -0.4 is 4.90 Å². The van der Waals surface area contributed by atoms with Crippen LogP contribution in [0, 0.1) is 6.92 Å². The molecule has 0 aliphatic carbocycles. The number of fused-ring (bicyclic) bond motifs is 1. The van der Waals surface area contributed by atoms with E-state index in [0.717, 1.165) is 42.9 Å². The van der Waals surface area contributed by atoms with E-state index in [-0.39, 0.29) is 5.54 Å². The van der Waals surface area contributed by atoms with Crippen molar-refractivity contribution in [1.82, 2.24) is 9.47 Å². The first-order valence-corrected chi connectivity index (χ1v) is 12.4. The Kier molecular flexibility index (Phi) is 5.61. The highest BCUT2D eigenvalue weighted by molar-refractivity contribution is 7.91. The van der Waals surface area contributed by atoms with Gasteiger partial charge < -0.3 is 9.47 Å². The number of anilines is 1. The highest BCUT2D eigenvalue weighted by Crippen LogP contribution is 2.34. The maximum Gasteiger partial charge on any atom is 0.208 e. The van der Waals surface area contributed by atoms with Gasteiger partial charge in [0.1, 0.15) is 0 Å². The van der Waals surface area contributed by atoms with Gasteiger partial charge in [-0.1, -0.05) is 17.7 Å². The Balaban J connectivity index is 1.71. The van der Waals surface area contributed by atoms with Gasteiger partial charge in [0.15, 0.2) is 0 Å². The van der Waals surface area contributed by atoms with Crippen LogP contribution in [0.2, 0.25) is 5.02 Å². The van der Waals surface area contributed by atoms with Crippen molar-refractivity contribution in [2.45, 2.75) is 43.0 Å². The van der Waals surface area contributed by atoms with E-state index in [1.807, 2.05) is 36.7 Å². The molecule has 1 aliphatic rings. The number of hydrogen-bond acceptors (Lipinski definition) is 4. The number of nitrogens with zero attached hydrogens (tertiary/aromatic N) is 3. The minimum Gasteiger partial charge on any atom is -0.369 e. The molecule has 1 aromatic heterocycles. The van der Waals surface area contributed by atoms with Crippen LogP contribution in [0.5, 0.6) is 0 Å². The molecule has 5 nitrogen and oxygen atoms in total. The molecule has 2 aromatic carbocycles. The molecule has 0 bridgehead atoms. The van der Waals surface area contributed by atoms with E-state index in [0.29, 0.717) is 20.2 Å². The largest absolute Gasteiger partial charge is 0.369 e. The molecule has 4 rings (SSSR count). The van der Waals surface area contributed by atoms with Crippen molar-refractivity contribution >= 4 is 38.0 Å². The van der Waals surface area contributed by atoms with Crippen LogP contribution in [0.15, 0.2) is 52.4 Å². The number of benzene rings is 2. The third-order valence-corrected chi connectivity index (χ3v) is 8.28. The molecule has 0 N–H and O–H groups in total.